The molecule has 6 nitrogen and oxygen atoms in total. The number of rotatable bonds is 2. The summed E-state index contributed by atoms with van der Waals surface area (Å²) in [7, 11) is 0. The van der Waals surface area contributed by atoms with Crippen molar-refractivity contribution in [2.75, 3.05) is 13.1 Å². The molecule has 0 radical (unpaired) electrons. The van der Waals surface area contributed by atoms with Gasteiger partial charge in [0.2, 0.25) is 0 Å². The van der Waals surface area contributed by atoms with Crippen molar-refractivity contribution in [2.24, 2.45) is 0 Å². The van der Waals surface area contributed by atoms with Crippen molar-refractivity contribution in [1.82, 2.24) is 20.0 Å². The molecule has 1 fully saturated rings. The van der Waals surface area contributed by atoms with Crippen LogP contribution >= 0.6 is 0 Å². The zero-order valence-corrected chi connectivity index (χ0v) is 11.3. The molecule has 1 unspecified atom stereocenters. The second-order valence-electron chi connectivity index (χ2n) is 5.04. The van der Waals surface area contributed by atoms with Gasteiger partial charge in [-0.2, -0.15) is 0 Å². The number of likely N-dealkylation sites (tertiary alicyclic amines) is 1. The SMILES string of the molecule is Cc1cc(C(=O)N2CCCC(c3cnccn3)C2)no1. The molecule has 1 atom stereocenters. The Morgan fingerprint density at radius 3 is 3.05 bits per heavy atom. The zero-order chi connectivity index (χ0) is 13.9. The van der Waals surface area contributed by atoms with E-state index in [4.69, 9.17) is 4.52 Å². The van der Waals surface area contributed by atoms with E-state index in [1.807, 2.05) is 4.90 Å². The molecule has 1 saturated heterocycles. The Morgan fingerprint density at radius 1 is 1.45 bits per heavy atom. The molecule has 20 heavy (non-hydrogen) atoms. The van der Waals surface area contributed by atoms with Gasteiger partial charge in [0.15, 0.2) is 5.69 Å². The maximum atomic E-state index is 12.4. The Balaban J connectivity index is 1.74. The van der Waals surface area contributed by atoms with Crippen LogP contribution in [0.4, 0.5) is 0 Å². The maximum Gasteiger partial charge on any atom is 0.276 e. The van der Waals surface area contributed by atoms with Crippen LogP contribution in [0.2, 0.25) is 0 Å². The maximum absolute atomic E-state index is 12.4. The van der Waals surface area contributed by atoms with Crippen LogP contribution in [0.1, 0.15) is 40.7 Å². The average Bonchev–Trinajstić information content (AvgIpc) is 2.94. The molecule has 0 aliphatic carbocycles. The Hall–Kier alpha value is -2.24. The number of nitrogens with zero attached hydrogens (tertiary/aromatic N) is 4. The summed E-state index contributed by atoms with van der Waals surface area (Å²) in [6, 6.07) is 1.67. The number of amides is 1. The van der Waals surface area contributed by atoms with Crippen LogP contribution in [0, 0.1) is 6.92 Å². The lowest BCUT2D eigenvalue weighted by Gasteiger charge is -2.31. The lowest BCUT2D eigenvalue weighted by Crippen LogP contribution is -2.39. The molecule has 3 rings (SSSR count). The van der Waals surface area contributed by atoms with Gasteiger partial charge in [-0.1, -0.05) is 5.16 Å². The largest absolute Gasteiger partial charge is 0.361 e. The highest BCUT2D eigenvalue weighted by Crippen LogP contribution is 2.25. The van der Waals surface area contributed by atoms with Gasteiger partial charge in [0.25, 0.3) is 5.91 Å². The van der Waals surface area contributed by atoms with Gasteiger partial charge in [-0.3, -0.25) is 14.8 Å². The number of hydrogen-bond acceptors (Lipinski definition) is 5. The van der Waals surface area contributed by atoms with Gasteiger partial charge in [-0.15, -0.1) is 0 Å². The molecule has 0 spiro atoms. The Bertz CT molecular complexity index is 596. The lowest BCUT2D eigenvalue weighted by atomic mass is 9.95. The van der Waals surface area contributed by atoms with Gasteiger partial charge < -0.3 is 9.42 Å². The van der Waals surface area contributed by atoms with Crippen molar-refractivity contribution in [3.63, 3.8) is 0 Å². The number of aryl methyl sites for hydroxylation is 1. The minimum absolute atomic E-state index is 0.0737. The molecule has 0 saturated carbocycles. The molecular formula is C14H16N4O2. The van der Waals surface area contributed by atoms with Crippen molar-refractivity contribution in [2.45, 2.75) is 25.7 Å². The van der Waals surface area contributed by atoms with Crippen LogP contribution in [0.25, 0.3) is 0 Å². The van der Waals surface area contributed by atoms with Crippen LogP contribution in [0.3, 0.4) is 0 Å². The van der Waals surface area contributed by atoms with Crippen LogP contribution < -0.4 is 0 Å². The van der Waals surface area contributed by atoms with E-state index in [-0.39, 0.29) is 11.8 Å². The predicted molar refractivity (Wildman–Crippen MR) is 71.2 cm³/mol. The molecule has 2 aromatic heterocycles. The molecule has 0 aromatic carbocycles. The first-order chi connectivity index (χ1) is 9.74. The van der Waals surface area contributed by atoms with E-state index in [0.717, 1.165) is 25.1 Å². The van der Waals surface area contributed by atoms with Gasteiger partial charge in [0.1, 0.15) is 5.76 Å². The summed E-state index contributed by atoms with van der Waals surface area (Å²) in [5, 5.41) is 3.79. The Labute approximate surface area is 116 Å². The molecule has 0 bridgehead atoms. The first kappa shape index (κ1) is 12.8. The normalized spacial score (nSPS) is 19.1. The standard InChI is InChI=1S/C14H16N4O2/c1-10-7-12(17-20-10)14(19)18-6-2-3-11(9-18)13-8-15-4-5-16-13/h4-5,7-8,11H,2-3,6,9H2,1H3. The van der Waals surface area contributed by atoms with E-state index in [2.05, 4.69) is 15.1 Å². The fraction of sp³-hybridized carbons (Fsp3) is 0.429. The number of carbonyl (C=O) groups excluding carboxylic acids is 1. The zero-order valence-electron chi connectivity index (χ0n) is 11.3. The molecule has 2 aromatic rings. The van der Waals surface area contributed by atoms with E-state index in [1.165, 1.54) is 0 Å². The Morgan fingerprint density at radius 2 is 2.35 bits per heavy atom. The summed E-state index contributed by atoms with van der Waals surface area (Å²) >= 11 is 0. The highest BCUT2D eigenvalue weighted by molar-refractivity contribution is 5.92. The summed E-state index contributed by atoms with van der Waals surface area (Å²) in [6.45, 7) is 3.19. The van der Waals surface area contributed by atoms with Crippen molar-refractivity contribution < 1.29 is 9.32 Å². The summed E-state index contributed by atoms with van der Waals surface area (Å²) in [5.41, 5.74) is 1.32. The summed E-state index contributed by atoms with van der Waals surface area (Å²) in [5.74, 6) is 0.820. The molecule has 1 amide bonds. The van der Waals surface area contributed by atoms with Gasteiger partial charge in [-0.05, 0) is 19.8 Å². The summed E-state index contributed by atoms with van der Waals surface area (Å²) in [4.78, 5) is 22.6. The molecule has 6 heteroatoms. The second-order valence-corrected chi connectivity index (χ2v) is 5.04. The minimum Gasteiger partial charge on any atom is -0.361 e. The van der Waals surface area contributed by atoms with Gasteiger partial charge in [0.05, 0.1) is 5.69 Å². The van der Waals surface area contributed by atoms with Gasteiger partial charge >= 0.3 is 0 Å². The van der Waals surface area contributed by atoms with Crippen molar-refractivity contribution in [3.05, 3.63) is 41.8 Å². The minimum atomic E-state index is -0.0737. The van der Waals surface area contributed by atoms with Crippen LogP contribution in [-0.4, -0.2) is 39.0 Å². The van der Waals surface area contributed by atoms with E-state index >= 15 is 0 Å². The highest BCUT2D eigenvalue weighted by atomic mass is 16.5. The molecule has 3 heterocycles. The van der Waals surface area contributed by atoms with Crippen molar-refractivity contribution in [3.8, 4) is 0 Å². The van der Waals surface area contributed by atoms with Crippen LogP contribution in [-0.2, 0) is 0 Å². The summed E-state index contributed by atoms with van der Waals surface area (Å²) in [6.07, 6.45) is 7.12. The fourth-order valence-corrected chi connectivity index (χ4v) is 2.55. The first-order valence-corrected chi connectivity index (χ1v) is 6.72. The summed E-state index contributed by atoms with van der Waals surface area (Å²) < 4.78 is 4.97. The molecule has 1 aliphatic heterocycles. The monoisotopic (exact) mass is 272 g/mol. The Kier molecular flexibility index (Phi) is 3.45. The van der Waals surface area contributed by atoms with E-state index in [1.54, 1.807) is 31.6 Å². The third-order valence-corrected chi connectivity index (χ3v) is 3.56. The third-order valence-electron chi connectivity index (χ3n) is 3.56. The van der Waals surface area contributed by atoms with Crippen molar-refractivity contribution >= 4 is 5.91 Å². The lowest BCUT2D eigenvalue weighted by molar-refractivity contribution is 0.0695. The third kappa shape index (κ3) is 2.54. The quantitative estimate of drug-likeness (QED) is 0.833. The highest BCUT2D eigenvalue weighted by Gasteiger charge is 2.27. The van der Waals surface area contributed by atoms with Crippen LogP contribution in [0.15, 0.2) is 29.2 Å². The molecule has 104 valence electrons. The fourth-order valence-electron chi connectivity index (χ4n) is 2.55. The van der Waals surface area contributed by atoms with Gasteiger partial charge in [-0.25, -0.2) is 0 Å². The van der Waals surface area contributed by atoms with Crippen molar-refractivity contribution in [1.29, 1.82) is 0 Å². The number of hydrogen-bond donors (Lipinski definition) is 0. The molecule has 1 aliphatic rings. The van der Waals surface area contributed by atoms with E-state index < -0.39 is 0 Å². The second kappa shape index (κ2) is 5.40. The average molecular weight is 272 g/mol. The van der Waals surface area contributed by atoms with E-state index in [9.17, 15) is 4.79 Å². The molecular weight excluding hydrogens is 256 g/mol. The number of carbonyl (C=O) groups is 1. The predicted octanol–water partition coefficient (Wildman–Crippen LogP) is 1.79. The number of aromatic nitrogens is 3. The number of piperidine rings is 1. The first-order valence-electron chi connectivity index (χ1n) is 6.72. The van der Waals surface area contributed by atoms with E-state index in [0.29, 0.717) is 18.0 Å². The molecule has 0 N–H and O–H groups in total. The van der Waals surface area contributed by atoms with Gasteiger partial charge in [0, 0.05) is 43.7 Å². The smallest absolute Gasteiger partial charge is 0.276 e. The van der Waals surface area contributed by atoms with Crippen LogP contribution in [0.5, 0.6) is 0 Å². The topological polar surface area (TPSA) is 72.1 Å².